The Morgan fingerprint density at radius 2 is 1.81 bits per heavy atom. The standard InChI is InChI=1S/C22H29N5/c1-18-9-7-10-19(15-18)17-27-24-21(16-23-13-8-14-26(2)3)22(25-27)20-11-5-4-6-12-20/h4-7,9-12,15,23H,8,13-14,16-17H2,1-3H3. The minimum Gasteiger partial charge on any atom is -0.311 e. The Morgan fingerprint density at radius 3 is 2.56 bits per heavy atom. The highest BCUT2D eigenvalue weighted by Gasteiger charge is 2.13. The minimum absolute atomic E-state index is 0.683. The van der Waals surface area contributed by atoms with Crippen molar-refractivity contribution in [1.29, 1.82) is 0 Å². The number of hydrogen-bond acceptors (Lipinski definition) is 4. The Hall–Kier alpha value is -2.50. The first kappa shape index (κ1) is 19.3. The van der Waals surface area contributed by atoms with E-state index in [-0.39, 0.29) is 0 Å². The van der Waals surface area contributed by atoms with E-state index >= 15 is 0 Å². The number of rotatable bonds is 9. The Kier molecular flexibility index (Phi) is 6.74. The van der Waals surface area contributed by atoms with E-state index in [1.165, 1.54) is 11.1 Å². The maximum Gasteiger partial charge on any atom is 0.117 e. The molecule has 5 heteroatoms. The molecule has 5 nitrogen and oxygen atoms in total. The van der Waals surface area contributed by atoms with Gasteiger partial charge in [-0.3, -0.25) is 0 Å². The van der Waals surface area contributed by atoms with Crippen molar-refractivity contribution < 1.29 is 0 Å². The van der Waals surface area contributed by atoms with E-state index in [1.54, 1.807) is 0 Å². The smallest absolute Gasteiger partial charge is 0.117 e. The van der Waals surface area contributed by atoms with Crippen LogP contribution in [0, 0.1) is 6.92 Å². The molecule has 0 amide bonds. The first-order valence-corrected chi connectivity index (χ1v) is 9.52. The number of hydrogen-bond donors (Lipinski definition) is 1. The maximum atomic E-state index is 4.79. The summed E-state index contributed by atoms with van der Waals surface area (Å²) in [6.45, 7) is 5.57. The molecule has 0 unspecified atom stereocenters. The fraction of sp³-hybridized carbons (Fsp3) is 0.364. The summed E-state index contributed by atoms with van der Waals surface area (Å²) < 4.78 is 0. The van der Waals surface area contributed by atoms with E-state index in [0.29, 0.717) is 6.54 Å². The van der Waals surface area contributed by atoms with Gasteiger partial charge in [-0.05, 0) is 46.1 Å². The van der Waals surface area contributed by atoms with Gasteiger partial charge in [0.15, 0.2) is 0 Å². The lowest BCUT2D eigenvalue weighted by Gasteiger charge is -2.09. The second-order valence-corrected chi connectivity index (χ2v) is 7.21. The Labute approximate surface area is 162 Å². The normalized spacial score (nSPS) is 11.3. The van der Waals surface area contributed by atoms with Gasteiger partial charge in [0.2, 0.25) is 0 Å². The maximum absolute atomic E-state index is 4.79. The number of aryl methyl sites for hydroxylation is 1. The van der Waals surface area contributed by atoms with Crippen LogP contribution in [0.3, 0.4) is 0 Å². The van der Waals surface area contributed by atoms with Crippen LogP contribution in [0.25, 0.3) is 11.3 Å². The lowest BCUT2D eigenvalue weighted by molar-refractivity contribution is 0.394. The summed E-state index contributed by atoms with van der Waals surface area (Å²) in [4.78, 5) is 4.02. The molecule has 0 bridgehead atoms. The molecule has 0 fully saturated rings. The van der Waals surface area contributed by atoms with Crippen molar-refractivity contribution in [2.45, 2.75) is 26.4 Å². The summed E-state index contributed by atoms with van der Waals surface area (Å²) in [6, 6.07) is 18.8. The van der Waals surface area contributed by atoms with E-state index in [4.69, 9.17) is 10.2 Å². The highest BCUT2D eigenvalue weighted by atomic mass is 15.5. The van der Waals surface area contributed by atoms with Crippen LogP contribution >= 0.6 is 0 Å². The molecular formula is C22H29N5. The van der Waals surface area contributed by atoms with Crippen molar-refractivity contribution in [3.8, 4) is 11.3 Å². The summed E-state index contributed by atoms with van der Waals surface area (Å²) in [6.07, 6.45) is 1.12. The molecule has 0 radical (unpaired) electrons. The molecule has 0 aliphatic rings. The molecule has 142 valence electrons. The van der Waals surface area contributed by atoms with Crippen molar-refractivity contribution >= 4 is 0 Å². The number of benzene rings is 2. The van der Waals surface area contributed by atoms with Crippen LogP contribution in [0.1, 0.15) is 23.2 Å². The highest BCUT2D eigenvalue weighted by molar-refractivity contribution is 5.60. The third-order valence-electron chi connectivity index (χ3n) is 4.43. The van der Waals surface area contributed by atoms with Crippen LogP contribution in [0.4, 0.5) is 0 Å². The number of nitrogens with one attached hydrogen (secondary N) is 1. The Balaban J connectivity index is 1.74. The van der Waals surface area contributed by atoms with Crippen LogP contribution in [0.2, 0.25) is 0 Å². The molecule has 27 heavy (non-hydrogen) atoms. The quantitative estimate of drug-likeness (QED) is 0.592. The SMILES string of the molecule is Cc1cccc(Cn2nc(CNCCCN(C)C)c(-c3ccccc3)n2)c1. The second-order valence-electron chi connectivity index (χ2n) is 7.21. The van der Waals surface area contributed by atoms with Gasteiger partial charge in [0.25, 0.3) is 0 Å². The van der Waals surface area contributed by atoms with Crippen molar-refractivity contribution in [1.82, 2.24) is 25.2 Å². The van der Waals surface area contributed by atoms with Crippen molar-refractivity contribution in [3.05, 3.63) is 71.4 Å². The fourth-order valence-electron chi connectivity index (χ4n) is 3.09. The van der Waals surface area contributed by atoms with E-state index < -0.39 is 0 Å². The van der Waals surface area contributed by atoms with Gasteiger partial charge in [-0.2, -0.15) is 15.0 Å². The van der Waals surface area contributed by atoms with E-state index in [2.05, 4.69) is 67.6 Å². The van der Waals surface area contributed by atoms with Gasteiger partial charge in [-0.15, -0.1) is 0 Å². The molecule has 2 aromatic carbocycles. The molecule has 1 aromatic heterocycles. The molecule has 3 rings (SSSR count). The monoisotopic (exact) mass is 363 g/mol. The predicted octanol–water partition coefficient (Wildman–Crippen LogP) is 3.34. The summed E-state index contributed by atoms with van der Waals surface area (Å²) in [5, 5.41) is 13.1. The van der Waals surface area contributed by atoms with Gasteiger partial charge >= 0.3 is 0 Å². The molecule has 0 saturated heterocycles. The third-order valence-corrected chi connectivity index (χ3v) is 4.43. The van der Waals surface area contributed by atoms with Gasteiger partial charge in [0.05, 0.1) is 6.54 Å². The summed E-state index contributed by atoms with van der Waals surface area (Å²) in [5.41, 5.74) is 5.54. The Morgan fingerprint density at radius 1 is 1.00 bits per heavy atom. The van der Waals surface area contributed by atoms with Crippen LogP contribution in [0.5, 0.6) is 0 Å². The van der Waals surface area contributed by atoms with Gasteiger partial charge in [0.1, 0.15) is 11.4 Å². The summed E-state index contributed by atoms with van der Waals surface area (Å²) in [5.74, 6) is 0. The lowest BCUT2D eigenvalue weighted by Crippen LogP contribution is -2.21. The Bertz CT molecular complexity index is 839. The van der Waals surface area contributed by atoms with E-state index in [9.17, 15) is 0 Å². The van der Waals surface area contributed by atoms with Crippen LogP contribution in [-0.4, -0.2) is 47.1 Å². The number of aromatic nitrogens is 3. The molecule has 0 atom stereocenters. The molecule has 1 N–H and O–H groups in total. The minimum atomic E-state index is 0.683. The molecule has 0 aliphatic heterocycles. The largest absolute Gasteiger partial charge is 0.311 e. The molecular weight excluding hydrogens is 334 g/mol. The van der Waals surface area contributed by atoms with E-state index in [0.717, 1.165) is 43.0 Å². The van der Waals surface area contributed by atoms with Crippen molar-refractivity contribution in [3.63, 3.8) is 0 Å². The first-order valence-electron chi connectivity index (χ1n) is 9.52. The zero-order valence-corrected chi connectivity index (χ0v) is 16.5. The zero-order valence-electron chi connectivity index (χ0n) is 16.5. The molecule has 1 heterocycles. The van der Waals surface area contributed by atoms with Crippen LogP contribution in [0.15, 0.2) is 54.6 Å². The third kappa shape index (κ3) is 5.74. The molecule has 0 spiro atoms. The molecule has 0 aliphatic carbocycles. The van der Waals surface area contributed by atoms with Gasteiger partial charge in [-0.25, -0.2) is 0 Å². The zero-order chi connectivity index (χ0) is 19.1. The summed E-state index contributed by atoms with van der Waals surface area (Å²) in [7, 11) is 4.20. The van der Waals surface area contributed by atoms with Gasteiger partial charge < -0.3 is 10.2 Å². The first-order chi connectivity index (χ1) is 13.1. The van der Waals surface area contributed by atoms with Crippen LogP contribution < -0.4 is 5.32 Å². The van der Waals surface area contributed by atoms with Crippen LogP contribution in [-0.2, 0) is 13.1 Å². The highest BCUT2D eigenvalue weighted by Crippen LogP contribution is 2.20. The summed E-state index contributed by atoms with van der Waals surface area (Å²) >= 11 is 0. The van der Waals surface area contributed by atoms with Gasteiger partial charge in [0, 0.05) is 12.1 Å². The van der Waals surface area contributed by atoms with Gasteiger partial charge in [-0.1, -0.05) is 60.2 Å². The van der Waals surface area contributed by atoms with E-state index in [1.807, 2.05) is 23.0 Å². The van der Waals surface area contributed by atoms with Crippen molar-refractivity contribution in [2.75, 3.05) is 27.2 Å². The lowest BCUT2D eigenvalue weighted by atomic mass is 10.1. The van der Waals surface area contributed by atoms with Crippen molar-refractivity contribution in [2.24, 2.45) is 0 Å². The average molecular weight is 364 g/mol. The fourth-order valence-corrected chi connectivity index (χ4v) is 3.09. The number of nitrogens with zero attached hydrogens (tertiary/aromatic N) is 4. The second kappa shape index (κ2) is 9.44. The molecule has 0 saturated carbocycles. The molecule has 3 aromatic rings. The topological polar surface area (TPSA) is 46.0 Å². The predicted molar refractivity (Wildman–Crippen MR) is 111 cm³/mol. The average Bonchev–Trinajstić information content (AvgIpc) is 3.04.